The zero-order valence-electron chi connectivity index (χ0n) is 10.8. The van der Waals surface area contributed by atoms with Gasteiger partial charge in [-0.1, -0.05) is 12.1 Å². The molecule has 2 aromatic carbocycles. The van der Waals surface area contributed by atoms with E-state index in [4.69, 9.17) is 0 Å². The minimum Gasteiger partial charge on any atom is -0.508 e. The molecule has 2 rings (SSSR count). The number of aryl methyl sites for hydroxylation is 1. The van der Waals surface area contributed by atoms with E-state index in [0.717, 1.165) is 0 Å². The molecule has 4 heteroatoms. The quantitative estimate of drug-likeness (QED) is 0.869. The lowest BCUT2D eigenvalue weighted by molar-refractivity contribution is 0.0990. The molecule has 0 saturated heterocycles. The fraction of sp³-hybridized carbons (Fsp3) is 0.133. The topological polar surface area (TPSA) is 60.8 Å². The van der Waals surface area contributed by atoms with Crippen LogP contribution in [-0.4, -0.2) is 23.2 Å². The number of para-hydroxylation sites is 1. The van der Waals surface area contributed by atoms with Crippen molar-refractivity contribution in [3.63, 3.8) is 0 Å². The number of rotatable bonds is 2. The third-order valence-electron chi connectivity index (χ3n) is 3.01. The van der Waals surface area contributed by atoms with Crippen LogP contribution in [0.2, 0.25) is 0 Å². The number of carbonyl (C=O) groups is 1. The summed E-state index contributed by atoms with van der Waals surface area (Å²) in [5.41, 5.74) is 1.56. The summed E-state index contributed by atoms with van der Waals surface area (Å²) >= 11 is 0. The van der Waals surface area contributed by atoms with Crippen LogP contribution in [-0.2, 0) is 0 Å². The molecule has 0 radical (unpaired) electrons. The standard InChI is InChI=1S/C15H15NO3/c1-10-4-3-5-13(14(10)18)15(19)16(2)11-6-8-12(17)9-7-11/h3-9,17-18H,1-2H3. The van der Waals surface area contributed by atoms with Gasteiger partial charge in [0.25, 0.3) is 5.91 Å². The number of anilines is 1. The average Bonchev–Trinajstić information content (AvgIpc) is 2.41. The van der Waals surface area contributed by atoms with Gasteiger partial charge in [-0.25, -0.2) is 0 Å². The number of carbonyl (C=O) groups excluding carboxylic acids is 1. The molecule has 0 bridgehead atoms. The second-order valence-electron chi connectivity index (χ2n) is 4.35. The predicted molar refractivity (Wildman–Crippen MR) is 73.7 cm³/mol. The van der Waals surface area contributed by atoms with Crippen molar-refractivity contribution in [2.75, 3.05) is 11.9 Å². The Bertz CT molecular complexity index is 605. The first-order valence-electron chi connectivity index (χ1n) is 5.86. The van der Waals surface area contributed by atoms with Gasteiger partial charge in [0.1, 0.15) is 11.5 Å². The molecule has 0 saturated carbocycles. The first-order valence-corrected chi connectivity index (χ1v) is 5.86. The van der Waals surface area contributed by atoms with E-state index in [2.05, 4.69) is 0 Å². The molecule has 0 spiro atoms. The van der Waals surface area contributed by atoms with E-state index in [9.17, 15) is 15.0 Å². The van der Waals surface area contributed by atoms with Crippen LogP contribution in [0.15, 0.2) is 42.5 Å². The Morgan fingerprint density at radius 1 is 1.05 bits per heavy atom. The Labute approximate surface area is 111 Å². The van der Waals surface area contributed by atoms with Crippen LogP contribution in [0.3, 0.4) is 0 Å². The van der Waals surface area contributed by atoms with Gasteiger partial charge in [0.05, 0.1) is 5.56 Å². The first kappa shape index (κ1) is 13.0. The van der Waals surface area contributed by atoms with Gasteiger partial charge in [-0.2, -0.15) is 0 Å². The largest absolute Gasteiger partial charge is 0.508 e. The Kier molecular flexibility index (Phi) is 3.42. The molecule has 19 heavy (non-hydrogen) atoms. The molecule has 0 atom stereocenters. The Hall–Kier alpha value is -2.49. The number of nitrogens with zero attached hydrogens (tertiary/aromatic N) is 1. The van der Waals surface area contributed by atoms with Gasteiger partial charge in [-0.3, -0.25) is 4.79 Å². The third kappa shape index (κ3) is 2.52. The number of hydrogen-bond donors (Lipinski definition) is 2. The van der Waals surface area contributed by atoms with E-state index in [1.54, 1.807) is 44.3 Å². The van der Waals surface area contributed by atoms with Crippen molar-refractivity contribution in [2.24, 2.45) is 0 Å². The molecule has 0 fully saturated rings. The maximum atomic E-state index is 12.3. The molecule has 2 aromatic rings. The lowest BCUT2D eigenvalue weighted by atomic mass is 10.1. The minimum atomic E-state index is -0.299. The second kappa shape index (κ2) is 5.02. The third-order valence-corrected chi connectivity index (χ3v) is 3.01. The summed E-state index contributed by atoms with van der Waals surface area (Å²) in [6, 6.07) is 11.4. The van der Waals surface area contributed by atoms with E-state index >= 15 is 0 Å². The van der Waals surface area contributed by atoms with Crippen molar-refractivity contribution in [3.05, 3.63) is 53.6 Å². The van der Waals surface area contributed by atoms with Crippen molar-refractivity contribution in [1.29, 1.82) is 0 Å². The van der Waals surface area contributed by atoms with Crippen LogP contribution < -0.4 is 4.90 Å². The molecule has 0 aromatic heterocycles. The summed E-state index contributed by atoms with van der Waals surface area (Å²) in [6.07, 6.45) is 0. The normalized spacial score (nSPS) is 10.2. The summed E-state index contributed by atoms with van der Waals surface area (Å²) < 4.78 is 0. The summed E-state index contributed by atoms with van der Waals surface area (Å²) in [6.45, 7) is 1.74. The maximum absolute atomic E-state index is 12.3. The number of amides is 1. The number of phenolic OH excluding ortho intramolecular Hbond substituents is 2. The van der Waals surface area contributed by atoms with Gasteiger partial charge in [-0.05, 0) is 42.8 Å². The molecule has 0 unspecified atom stereocenters. The maximum Gasteiger partial charge on any atom is 0.261 e. The molecule has 2 N–H and O–H groups in total. The Balaban J connectivity index is 2.33. The molecule has 4 nitrogen and oxygen atoms in total. The van der Waals surface area contributed by atoms with Gasteiger partial charge in [-0.15, -0.1) is 0 Å². The van der Waals surface area contributed by atoms with Crippen LogP contribution in [0.5, 0.6) is 11.5 Å². The van der Waals surface area contributed by atoms with E-state index < -0.39 is 0 Å². The SMILES string of the molecule is Cc1cccc(C(=O)N(C)c2ccc(O)cc2)c1O. The van der Waals surface area contributed by atoms with Crippen LogP contribution in [0.4, 0.5) is 5.69 Å². The summed E-state index contributed by atoms with van der Waals surface area (Å²) in [5, 5.41) is 19.2. The highest BCUT2D eigenvalue weighted by molar-refractivity contribution is 6.07. The van der Waals surface area contributed by atoms with Crippen molar-refractivity contribution in [1.82, 2.24) is 0 Å². The molecule has 0 aliphatic heterocycles. The highest BCUT2D eigenvalue weighted by Crippen LogP contribution is 2.25. The number of hydrogen-bond acceptors (Lipinski definition) is 3. The molecular formula is C15H15NO3. The second-order valence-corrected chi connectivity index (χ2v) is 4.35. The zero-order valence-corrected chi connectivity index (χ0v) is 10.8. The zero-order chi connectivity index (χ0) is 14.0. The van der Waals surface area contributed by atoms with Gasteiger partial charge in [0, 0.05) is 12.7 Å². The summed E-state index contributed by atoms with van der Waals surface area (Å²) in [4.78, 5) is 13.7. The fourth-order valence-electron chi connectivity index (χ4n) is 1.81. The molecular weight excluding hydrogens is 242 g/mol. The smallest absolute Gasteiger partial charge is 0.261 e. The number of phenols is 2. The molecule has 1 amide bonds. The van der Waals surface area contributed by atoms with Crippen LogP contribution >= 0.6 is 0 Å². The van der Waals surface area contributed by atoms with Crippen LogP contribution in [0, 0.1) is 6.92 Å². The van der Waals surface area contributed by atoms with E-state index in [1.807, 2.05) is 0 Å². The Morgan fingerprint density at radius 3 is 2.32 bits per heavy atom. The van der Waals surface area contributed by atoms with Crippen molar-refractivity contribution < 1.29 is 15.0 Å². The number of benzene rings is 2. The highest BCUT2D eigenvalue weighted by Gasteiger charge is 2.17. The van der Waals surface area contributed by atoms with Crippen molar-refractivity contribution >= 4 is 11.6 Å². The lowest BCUT2D eigenvalue weighted by Crippen LogP contribution is -2.26. The monoisotopic (exact) mass is 257 g/mol. The lowest BCUT2D eigenvalue weighted by Gasteiger charge is -2.18. The van der Waals surface area contributed by atoms with Crippen LogP contribution in [0.25, 0.3) is 0 Å². The van der Waals surface area contributed by atoms with Gasteiger partial charge < -0.3 is 15.1 Å². The molecule has 0 aliphatic carbocycles. The van der Waals surface area contributed by atoms with Crippen molar-refractivity contribution in [3.8, 4) is 11.5 Å². The molecule has 0 heterocycles. The Morgan fingerprint density at radius 2 is 1.68 bits per heavy atom. The van der Waals surface area contributed by atoms with Crippen LogP contribution in [0.1, 0.15) is 15.9 Å². The van der Waals surface area contributed by atoms with E-state index in [-0.39, 0.29) is 23.0 Å². The van der Waals surface area contributed by atoms with E-state index in [0.29, 0.717) is 11.3 Å². The minimum absolute atomic E-state index is 0.00173. The van der Waals surface area contributed by atoms with Crippen molar-refractivity contribution in [2.45, 2.75) is 6.92 Å². The summed E-state index contributed by atoms with van der Waals surface area (Å²) in [7, 11) is 1.62. The fourth-order valence-corrected chi connectivity index (χ4v) is 1.81. The average molecular weight is 257 g/mol. The molecule has 0 aliphatic rings. The molecule has 98 valence electrons. The number of aromatic hydroxyl groups is 2. The van der Waals surface area contributed by atoms with Gasteiger partial charge in [0.15, 0.2) is 0 Å². The van der Waals surface area contributed by atoms with Gasteiger partial charge in [0.2, 0.25) is 0 Å². The van der Waals surface area contributed by atoms with Gasteiger partial charge >= 0.3 is 0 Å². The van der Waals surface area contributed by atoms with E-state index in [1.165, 1.54) is 17.0 Å². The predicted octanol–water partition coefficient (Wildman–Crippen LogP) is 2.68. The first-order chi connectivity index (χ1) is 9.00. The highest BCUT2D eigenvalue weighted by atomic mass is 16.3. The summed E-state index contributed by atoms with van der Waals surface area (Å²) in [5.74, 6) is -0.159.